The molecule has 3 aromatic rings. The van der Waals surface area contributed by atoms with Crippen LogP contribution in [0.5, 0.6) is 0 Å². The second-order valence-corrected chi connectivity index (χ2v) is 8.55. The number of amides is 1. The van der Waals surface area contributed by atoms with Gasteiger partial charge in [-0.2, -0.15) is 0 Å². The first-order valence-corrected chi connectivity index (χ1v) is 10.3. The van der Waals surface area contributed by atoms with Gasteiger partial charge in [-0.15, -0.1) is 0 Å². The van der Waals surface area contributed by atoms with Gasteiger partial charge in [-0.1, -0.05) is 72.0 Å². The third kappa shape index (κ3) is 3.97. The number of carbonyl (C=O) groups excluding carboxylic acids is 1. The van der Waals surface area contributed by atoms with Crippen LogP contribution in [0, 0.1) is 6.92 Å². The lowest BCUT2D eigenvalue weighted by Crippen LogP contribution is -2.33. The van der Waals surface area contributed by atoms with Crippen molar-refractivity contribution in [3.05, 3.63) is 76.3 Å². The Morgan fingerprint density at radius 2 is 1.90 bits per heavy atom. The molecule has 0 unspecified atom stereocenters. The van der Waals surface area contributed by atoms with E-state index in [1.807, 2.05) is 24.4 Å². The summed E-state index contributed by atoms with van der Waals surface area (Å²) in [6.45, 7) is 2.36. The summed E-state index contributed by atoms with van der Waals surface area (Å²) in [6.07, 6.45) is 3.82. The average molecular weight is 423 g/mol. The molecule has 0 spiro atoms. The quantitative estimate of drug-likeness (QED) is 0.491. The molecule has 1 amide bonds. The number of nitrogens with zero attached hydrogens (tertiary/aromatic N) is 2. The van der Waals surface area contributed by atoms with Crippen LogP contribution in [0.2, 0.25) is 0 Å². The maximum absolute atomic E-state index is 12.6. The first-order chi connectivity index (χ1) is 13.9. The fourth-order valence-electron chi connectivity index (χ4n) is 3.32. The second-order valence-electron chi connectivity index (χ2n) is 6.88. The van der Waals surface area contributed by atoms with E-state index in [-0.39, 0.29) is 10.2 Å². The van der Waals surface area contributed by atoms with E-state index in [9.17, 15) is 9.59 Å². The molecule has 1 aliphatic heterocycles. The summed E-state index contributed by atoms with van der Waals surface area (Å²) < 4.78 is 2.43. The monoisotopic (exact) mass is 422 g/mol. The standard InChI is InChI=1S/C22H18N2O3S2/c1-14-6-8-15(9-7-14)11-23-12-16(17-4-2-3-5-18(17)23)10-19-21(27)24(13-20(25)26)22(28)29-19/h2-10,12H,11,13H2,1H3,(H,25,26). The van der Waals surface area contributed by atoms with Crippen LogP contribution in [0.3, 0.4) is 0 Å². The molecule has 0 bridgehead atoms. The maximum Gasteiger partial charge on any atom is 0.323 e. The van der Waals surface area contributed by atoms with Gasteiger partial charge in [0.05, 0.1) is 4.91 Å². The number of benzene rings is 2. The van der Waals surface area contributed by atoms with Gasteiger partial charge < -0.3 is 9.67 Å². The zero-order valence-electron chi connectivity index (χ0n) is 15.7. The predicted molar refractivity (Wildman–Crippen MR) is 120 cm³/mol. The second kappa shape index (κ2) is 7.85. The number of fused-ring (bicyclic) bond motifs is 1. The maximum atomic E-state index is 12.6. The lowest BCUT2D eigenvalue weighted by atomic mass is 10.1. The number of hydrogen-bond acceptors (Lipinski definition) is 4. The molecule has 1 fully saturated rings. The van der Waals surface area contributed by atoms with Crippen LogP contribution in [0.4, 0.5) is 0 Å². The van der Waals surface area contributed by atoms with E-state index < -0.39 is 12.5 Å². The zero-order chi connectivity index (χ0) is 20.5. The Bertz CT molecular complexity index is 1160. The van der Waals surface area contributed by atoms with Crippen molar-refractivity contribution in [2.45, 2.75) is 13.5 Å². The Morgan fingerprint density at radius 3 is 2.62 bits per heavy atom. The summed E-state index contributed by atoms with van der Waals surface area (Å²) in [5.74, 6) is -1.45. The van der Waals surface area contributed by atoms with E-state index in [1.54, 1.807) is 6.08 Å². The molecule has 1 aromatic heterocycles. The number of carboxylic acids is 1. The molecule has 0 radical (unpaired) electrons. The van der Waals surface area contributed by atoms with Crippen LogP contribution < -0.4 is 0 Å². The van der Waals surface area contributed by atoms with E-state index in [0.29, 0.717) is 11.4 Å². The molecule has 1 N–H and O–H groups in total. The van der Waals surface area contributed by atoms with E-state index >= 15 is 0 Å². The summed E-state index contributed by atoms with van der Waals surface area (Å²) >= 11 is 6.32. The van der Waals surface area contributed by atoms with Crippen LogP contribution in [-0.2, 0) is 16.1 Å². The number of aryl methyl sites for hydroxylation is 1. The van der Waals surface area contributed by atoms with Crippen molar-refractivity contribution in [1.82, 2.24) is 9.47 Å². The third-order valence-electron chi connectivity index (χ3n) is 4.75. The molecule has 2 heterocycles. The van der Waals surface area contributed by atoms with Gasteiger partial charge in [0.1, 0.15) is 10.9 Å². The number of aromatic nitrogens is 1. The van der Waals surface area contributed by atoms with Crippen molar-refractivity contribution >= 4 is 57.2 Å². The van der Waals surface area contributed by atoms with Gasteiger partial charge in [-0.3, -0.25) is 14.5 Å². The number of carbonyl (C=O) groups is 2. The molecule has 7 heteroatoms. The minimum atomic E-state index is -1.09. The van der Waals surface area contributed by atoms with Crippen molar-refractivity contribution in [1.29, 1.82) is 0 Å². The summed E-state index contributed by atoms with van der Waals surface area (Å²) in [5.41, 5.74) is 4.38. The van der Waals surface area contributed by atoms with Crippen molar-refractivity contribution in [3.8, 4) is 0 Å². The number of para-hydroxylation sites is 1. The number of thioether (sulfide) groups is 1. The van der Waals surface area contributed by atoms with Gasteiger partial charge in [0.15, 0.2) is 0 Å². The highest BCUT2D eigenvalue weighted by atomic mass is 32.2. The summed E-state index contributed by atoms with van der Waals surface area (Å²) in [5, 5.41) is 10.0. The van der Waals surface area contributed by atoms with E-state index in [0.717, 1.165) is 33.1 Å². The molecule has 0 aliphatic carbocycles. The van der Waals surface area contributed by atoms with Gasteiger partial charge in [0.25, 0.3) is 5.91 Å². The molecule has 29 heavy (non-hydrogen) atoms. The summed E-state index contributed by atoms with van der Waals surface area (Å²) in [4.78, 5) is 25.2. The molecule has 5 nitrogen and oxygen atoms in total. The normalized spacial score (nSPS) is 15.6. The van der Waals surface area contributed by atoms with Crippen LogP contribution in [-0.4, -0.2) is 37.3 Å². The number of aliphatic carboxylic acids is 1. The van der Waals surface area contributed by atoms with Crippen LogP contribution >= 0.6 is 24.0 Å². The number of thiocarbonyl (C=S) groups is 1. The smallest absolute Gasteiger partial charge is 0.323 e. The van der Waals surface area contributed by atoms with Gasteiger partial charge >= 0.3 is 5.97 Å². The number of hydrogen-bond donors (Lipinski definition) is 1. The molecular formula is C22H18N2O3S2. The van der Waals surface area contributed by atoms with Crippen molar-refractivity contribution in [3.63, 3.8) is 0 Å². The third-order valence-corrected chi connectivity index (χ3v) is 6.12. The van der Waals surface area contributed by atoms with E-state index in [2.05, 4.69) is 41.8 Å². The van der Waals surface area contributed by atoms with Gasteiger partial charge in [0.2, 0.25) is 0 Å². The molecule has 4 rings (SSSR count). The highest BCUT2D eigenvalue weighted by Crippen LogP contribution is 2.34. The Kier molecular flexibility index (Phi) is 5.25. The van der Waals surface area contributed by atoms with Crippen molar-refractivity contribution < 1.29 is 14.7 Å². The van der Waals surface area contributed by atoms with E-state index in [1.165, 1.54) is 11.1 Å². The molecule has 0 saturated carbocycles. The van der Waals surface area contributed by atoms with Crippen LogP contribution in [0.25, 0.3) is 17.0 Å². The van der Waals surface area contributed by atoms with Crippen LogP contribution in [0.1, 0.15) is 16.7 Å². The molecule has 146 valence electrons. The summed E-state index contributed by atoms with van der Waals surface area (Å²) in [7, 11) is 0. The summed E-state index contributed by atoms with van der Waals surface area (Å²) in [6, 6.07) is 16.4. The Balaban J connectivity index is 1.70. The average Bonchev–Trinajstić information content (AvgIpc) is 3.16. The van der Waals surface area contributed by atoms with Gasteiger partial charge in [-0.25, -0.2) is 0 Å². The fraction of sp³-hybridized carbons (Fsp3) is 0.136. The molecule has 1 aliphatic rings. The number of carboxylic acid groups (broad SMARTS) is 1. The molecule has 2 aromatic carbocycles. The predicted octanol–water partition coefficient (Wildman–Crippen LogP) is 4.28. The lowest BCUT2D eigenvalue weighted by Gasteiger charge is -2.10. The van der Waals surface area contributed by atoms with Crippen LogP contribution in [0.15, 0.2) is 59.6 Å². The SMILES string of the molecule is Cc1ccc(Cn2cc(C=C3SC(=S)N(CC(=O)O)C3=O)c3ccccc32)cc1. The highest BCUT2D eigenvalue weighted by molar-refractivity contribution is 8.26. The minimum Gasteiger partial charge on any atom is -0.480 e. The topological polar surface area (TPSA) is 62.5 Å². The van der Waals surface area contributed by atoms with Gasteiger partial charge in [-0.05, 0) is 24.6 Å². The first kappa shape index (κ1) is 19.4. The highest BCUT2D eigenvalue weighted by Gasteiger charge is 2.33. The Labute approximate surface area is 177 Å². The zero-order valence-corrected chi connectivity index (χ0v) is 17.3. The van der Waals surface area contributed by atoms with Gasteiger partial charge in [0, 0.05) is 29.2 Å². The number of rotatable bonds is 5. The molecular weight excluding hydrogens is 404 g/mol. The first-order valence-electron chi connectivity index (χ1n) is 9.03. The van der Waals surface area contributed by atoms with Crippen molar-refractivity contribution in [2.24, 2.45) is 0 Å². The molecule has 1 saturated heterocycles. The lowest BCUT2D eigenvalue weighted by molar-refractivity contribution is -0.140. The Hall–Kier alpha value is -2.90. The van der Waals surface area contributed by atoms with Crippen molar-refractivity contribution in [2.75, 3.05) is 6.54 Å². The molecule has 0 atom stereocenters. The minimum absolute atomic E-state index is 0.270. The van der Waals surface area contributed by atoms with E-state index in [4.69, 9.17) is 17.3 Å². The fourth-order valence-corrected chi connectivity index (χ4v) is 4.57. The Morgan fingerprint density at radius 1 is 1.17 bits per heavy atom. The largest absolute Gasteiger partial charge is 0.480 e.